The highest BCUT2D eigenvalue weighted by atomic mass is 16.3. The fraction of sp³-hybridized carbons (Fsp3) is 0.600. The van der Waals surface area contributed by atoms with Gasteiger partial charge in [-0.05, 0) is 22.0 Å². The van der Waals surface area contributed by atoms with Crippen LogP contribution in [0, 0.1) is 5.41 Å². The smallest absolute Gasteiger partial charge is 0.0841 e. The van der Waals surface area contributed by atoms with Crippen molar-refractivity contribution in [3.05, 3.63) is 35.4 Å². The molecule has 1 atom stereocenters. The van der Waals surface area contributed by atoms with Crippen molar-refractivity contribution < 1.29 is 5.11 Å². The molecule has 1 aromatic carbocycles. The zero-order valence-electron chi connectivity index (χ0n) is 11.3. The first-order valence-electron chi connectivity index (χ1n) is 5.91. The lowest BCUT2D eigenvalue weighted by Crippen LogP contribution is -2.23. The third kappa shape index (κ3) is 2.85. The molecule has 0 heterocycles. The first-order chi connectivity index (χ1) is 7.14. The summed E-state index contributed by atoms with van der Waals surface area (Å²) in [5.74, 6) is 0. The van der Waals surface area contributed by atoms with Crippen LogP contribution in [0.25, 0.3) is 0 Å². The highest BCUT2D eigenvalue weighted by Crippen LogP contribution is 2.37. The van der Waals surface area contributed by atoms with E-state index in [0.29, 0.717) is 0 Å². The van der Waals surface area contributed by atoms with Gasteiger partial charge in [-0.2, -0.15) is 0 Å². The third-order valence-electron chi connectivity index (χ3n) is 2.88. The van der Waals surface area contributed by atoms with Crippen LogP contribution >= 0.6 is 0 Å². The van der Waals surface area contributed by atoms with E-state index >= 15 is 0 Å². The number of benzene rings is 1. The highest BCUT2D eigenvalue weighted by molar-refractivity contribution is 5.35. The minimum Gasteiger partial charge on any atom is -0.388 e. The van der Waals surface area contributed by atoms with Gasteiger partial charge in [0.25, 0.3) is 0 Å². The van der Waals surface area contributed by atoms with Crippen molar-refractivity contribution in [2.24, 2.45) is 5.41 Å². The maximum Gasteiger partial charge on any atom is 0.0841 e. The standard InChI is InChI=1S/C15H24O/c1-14(2,3)12-10-8-7-9-11(12)13(16)15(4,5)6/h7-10,13,16H,1-6H3. The van der Waals surface area contributed by atoms with Crippen LogP contribution in [0.3, 0.4) is 0 Å². The lowest BCUT2D eigenvalue weighted by Gasteiger charge is -2.31. The van der Waals surface area contributed by atoms with Gasteiger partial charge in [0, 0.05) is 0 Å². The van der Waals surface area contributed by atoms with Gasteiger partial charge in [0.05, 0.1) is 6.10 Å². The summed E-state index contributed by atoms with van der Waals surface area (Å²) < 4.78 is 0. The molecule has 1 heteroatoms. The van der Waals surface area contributed by atoms with Crippen molar-refractivity contribution in [1.29, 1.82) is 0 Å². The van der Waals surface area contributed by atoms with Crippen molar-refractivity contribution in [3.63, 3.8) is 0 Å². The number of rotatable bonds is 1. The molecule has 1 aromatic rings. The molecule has 16 heavy (non-hydrogen) atoms. The second kappa shape index (κ2) is 4.21. The molecule has 1 N–H and O–H groups in total. The Balaban J connectivity index is 3.25. The summed E-state index contributed by atoms with van der Waals surface area (Å²) in [5, 5.41) is 10.4. The molecule has 0 saturated heterocycles. The predicted octanol–water partition coefficient (Wildman–Crippen LogP) is 4.06. The first-order valence-corrected chi connectivity index (χ1v) is 5.91. The quantitative estimate of drug-likeness (QED) is 0.756. The molecule has 0 radical (unpaired) electrons. The summed E-state index contributed by atoms with van der Waals surface area (Å²) in [7, 11) is 0. The van der Waals surface area contributed by atoms with Gasteiger partial charge in [0.1, 0.15) is 0 Å². The number of aliphatic hydroxyl groups excluding tert-OH is 1. The van der Waals surface area contributed by atoms with Crippen molar-refractivity contribution >= 4 is 0 Å². The van der Waals surface area contributed by atoms with Crippen LogP contribution in [-0.4, -0.2) is 5.11 Å². The number of hydrogen-bond donors (Lipinski definition) is 1. The Morgan fingerprint density at radius 3 is 1.88 bits per heavy atom. The molecule has 0 fully saturated rings. The molecule has 0 aliphatic heterocycles. The summed E-state index contributed by atoms with van der Waals surface area (Å²) in [6.07, 6.45) is -0.414. The van der Waals surface area contributed by atoms with E-state index in [0.717, 1.165) is 5.56 Å². The molecule has 1 nitrogen and oxygen atoms in total. The third-order valence-corrected chi connectivity index (χ3v) is 2.88. The normalized spacial score (nSPS) is 14.9. The number of hydrogen-bond acceptors (Lipinski definition) is 1. The Kier molecular flexibility index (Phi) is 3.49. The molecule has 0 amide bonds. The molecule has 0 spiro atoms. The minimum absolute atomic E-state index is 0.0722. The maximum atomic E-state index is 10.4. The van der Waals surface area contributed by atoms with Crippen LogP contribution < -0.4 is 0 Å². The van der Waals surface area contributed by atoms with Crippen LogP contribution in [0.5, 0.6) is 0 Å². The Hall–Kier alpha value is -0.820. The second-order valence-electron chi connectivity index (χ2n) is 6.61. The fourth-order valence-corrected chi connectivity index (χ4v) is 1.88. The van der Waals surface area contributed by atoms with Crippen LogP contribution in [0.2, 0.25) is 0 Å². The molecule has 0 aromatic heterocycles. The van der Waals surface area contributed by atoms with Crippen LogP contribution in [0.15, 0.2) is 24.3 Å². The Morgan fingerprint density at radius 1 is 0.938 bits per heavy atom. The SMILES string of the molecule is CC(C)(C)c1ccccc1C(O)C(C)(C)C. The molecule has 0 aliphatic carbocycles. The average molecular weight is 220 g/mol. The monoisotopic (exact) mass is 220 g/mol. The van der Waals surface area contributed by atoms with Crippen molar-refractivity contribution in [2.45, 2.75) is 53.1 Å². The number of aliphatic hydroxyl groups is 1. The van der Waals surface area contributed by atoms with Gasteiger partial charge in [-0.15, -0.1) is 0 Å². The Bertz CT molecular complexity index is 352. The van der Waals surface area contributed by atoms with Gasteiger partial charge in [-0.3, -0.25) is 0 Å². The highest BCUT2D eigenvalue weighted by Gasteiger charge is 2.28. The summed E-state index contributed by atoms with van der Waals surface area (Å²) in [6, 6.07) is 8.19. The zero-order valence-corrected chi connectivity index (χ0v) is 11.3. The van der Waals surface area contributed by atoms with Gasteiger partial charge >= 0.3 is 0 Å². The van der Waals surface area contributed by atoms with Crippen molar-refractivity contribution in [1.82, 2.24) is 0 Å². The summed E-state index contributed by atoms with van der Waals surface area (Å²) in [4.78, 5) is 0. The van der Waals surface area contributed by atoms with E-state index in [1.165, 1.54) is 5.56 Å². The van der Waals surface area contributed by atoms with Gasteiger partial charge in [0.15, 0.2) is 0 Å². The molecular weight excluding hydrogens is 196 g/mol. The van der Waals surface area contributed by atoms with E-state index in [1.807, 2.05) is 18.2 Å². The van der Waals surface area contributed by atoms with E-state index in [4.69, 9.17) is 0 Å². The molecular formula is C15H24O. The second-order valence-corrected chi connectivity index (χ2v) is 6.61. The Morgan fingerprint density at radius 2 is 1.44 bits per heavy atom. The van der Waals surface area contributed by atoms with Gasteiger partial charge in [-0.25, -0.2) is 0 Å². The van der Waals surface area contributed by atoms with Crippen LogP contribution in [0.4, 0.5) is 0 Å². The van der Waals surface area contributed by atoms with Gasteiger partial charge in [0.2, 0.25) is 0 Å². The van der Waals surface area contributed by atoms with Crippen molar-refractivity contribution in [2.75, 3.05) is 0 Å². The topological polar surface area (TPSA) is 20.2 Å². The lowest BCUT2D eigenvalue weighted by atomic mass is 9.77. The summed E-state index contributed by atoms with van der Waals surface area (Å²) in [6.45, 7) is 12.7. The fourth-order valence-electron chi connectivity index (χ4n) is 1.88. The van der Waals surface area contributed by atoms with Gasteiger partial charge < -0.3 is 5.11 Å². The Labute approximate surface area is 99.5 Å². The molecule has 0 aliphatic rings. The van der Waals surface area contributed by atoms with E-state index < -0.39 is 6.10 Å². The van der Waals surface area contributed by atoms with Gasteiger partial charge in [-0.1, -0.05) is 65.8 Å². The molecule has 90 valence electrons. The predicted molar refractivity (Wildman–Crippen MR) is 69.6 cm³/mol. The van der Waals surface area contributed by atoms with E-state index in [9.17, 15) is 5.11 Å². The molecule has 0 bridgehead atoms. The zero-order chi connectivity index (χ0) is 12.6. The largest absolute Gasteiger partial charge is 0.388 e. The van der Waals surface area contributed by atoms with E-state index in [2.05, 4.69) is 47.6 Å². The lowest BCUT2D eigenvalue weighted by molar-refractivity contribution is 0.0611. The summed E-state index contributed by atoms with van der Waals surface area (Å²) >= 11 is 0. The van der Waals surface area contributed by atoms with Crippen LogP contribution in [-0.2, 0) is 5.41 Å². The summed E-state index contributed by atoms with van der Waals surface area (Å²) in [5.41, 5.74) is 2.24. The van der Waals surface area contributed by atoms with E-state index in [1.54, 1.807) is 0 Å². The molecule has 1 rings (SSSR count). The average Bonchev–Trinajstić information content (AvgIpc) is 2.14. The van der Waals surface area contributed by atoms with Crippen molar-refractivity contribution in [3.8, 4) is 0 Å². The molecule has 0 saturated carbocycles. The van der Waals surface area contributed by atoms with E-state index in [-0.39, 0.29) is 10.8 Å². The first kappa shape index (κ1) is 13.2. The van der Waals surface area contributed by atoms with Crippen LogP contribution in [0.1, 0.15) is 58.8 Å². The maximum absolute atomic E-state index is 10.4. The molecule has 1 unspecified atom stereocenters. The minimum atomic E-state index is -0.414.